The smallest absolute Gasteiger partial charge is 0.0422 e. The highest BCUT2D eigenvalue weighted by atomic mass is 14.9. The van der Waals surface area contributed by atoms with Gasteiger partial charge in [-0.05, 0) is 99.7 Å². The Kier molecular flexibility index (Phi) is 6.50. The lowest BCUT2D eigenvalue weighted by molar-refractivity contribution is 0.979. The van der Waals surface area contributed by atoms with Gasteiger partial charge in [-0.3, -0.25) is 0 Å². The zero-order valence-electron chi connectivity index (χ0n) is 20.4. The topological polar surface area (TPSA) is 12.0 Å². The summed E-state index contributed by atoms with van der Waals surface area (Å²) in [6, 6.07) is 22.1. The molecule has 0 aromatic heterocycles. The van der Waals surface area contributed by atoms with Crippen molar-refractivity contribution in [1.82, 2.24) is 0 Å². The van der Waals surface area contributed by atoms with Gasteiger partial charge in [0.15, 0.2) is 0 Å². The Morgan fingerprint density at radius 3 is 2.63 bits per heavy atom. The number of fused-ring (bicyclic) bond motifs is 1. The van der Waals surface area contributed by atoms with Gasteiger partial charge in [0.2, 0.25) is 0 Å². The van der Waals surface area contributed by atoms with Crippen molar-refractivity contribution in [2.75, 3.05) is 11.9 Å². The molecule has 0 atom stereocenters. The van der Waals surface area contributed by atoms with Gasteiger partial charge in [-0.1, -0.05) is 92.1 Å². The quantitative estimate of drug-likeness (QED) is 0.367. The van der Waals surface area contributed by atoms with Crippen LogP contribution in [0.25, 0.3) is 33.9 Å². The van der Waals surface area contributed by atoms with E-state index in [-0.39, 0.29) is 0 Å². The minimum Gasteiger partial charge on any atom is -0.381 e. The molecule has 1 aliphatic carbocycles. The van der Waals surface area contributed by atoms with E-state index in [1.807, 2.05) is 6.08 Å². The first-order valence-corrected chi connectivity index (χ1v) is 12.3. The summed E-state index contributed by atoms with van der Waals surface area (Å²) in [5.74, 6) is 0. The van der Waals surface area contributed by atoms with E-state index in [0.717, 1.165) is 36.1 Å². The number of allylic oxidation sites excluding steroid dienone is 8. The summed E-state index contributed by atoms with van der Waals surface area (Å²) < 4.78 is 0. The van der Waals surface area contributed by atoms with Crippen LogP contribution in [-0.2, 0) is 0 Å². The average molecular weight is 454 g/mol. The Morgan fingerprint density at radius 2 is 1.80 bits per heavy atom. The van der Waals surface area contributed by atoms with E-state index < -0.39 is 0 Å². The first-order chi connectivity index (χ1) is 17.1. The molecule has 0 unspecified atom stereocenters. The van der Waals surface area contributed by atoms with Crippen molar-refractivity contribution in [2.45, 2.75) is 19.8 Å². The van der Waals surface area contributed by atoms with E-state index in [2.05, 4.69) is 123 Å². The maximum Gasteiger partial charge on any atom is 0.0422 e. The molecule has 1 aliphatic heterocycles. The van der Waals surface area contributed by atoms with Gasteiger partial charge in [-0.15, -0.1) is 0 Å². The number of nitrogens with one attached hydrogen (secondary N) is 1. The second kappa shape index (κ2) is 10.0. The number of hydrogen-bond donors (Lipinski definition) is 1. The van der Waals surface area contributed by atoms with E-state index in [1.165, 1.54) is 44.6 Å². The molecule has 0 spiro atoms. The SMILES string of the molecule is C=C/C(=C\C(=C)C1=CC=CCC1)c1cccc(-c2ccc(C)c(-c3ccc4c(c3)NCC=C4)c2)c1. The predicted octanol–water partition coefficient (Wildman–Crippen LogP) is 9.17. The molecular formula is C34H31N. The fourth-order valence-corrected chi connectivity index (χ4v) is 4.78. The van der Waals surface area contributed by atoms with Crippen molar-refractivity contribution < 1.29 is 0 Å². The zero-order valence-corrected chi connectivity index (χ0v) is 20.4. The third kappa shape index (κ3) is 4.90. The van der Waals surface area contributed by atoms with Crippen molar-refractivity contribution >= 4 is 17.3 Å². The van der Waals surface area contributed by atoms with Gasteiger partial charge >= 0.3 is 0 Å². The van der Waals surface area contributed by atoms with Crippen LogP contribution in [0.1, 0.15) is 29.5 Å². The first-order valence-electron chi connectivity index (χ1n) is 12.3. The largest absolute Gasteiger partial charge is 0.381 e. The summed E-state index contributed by atoms with van der Waals surface area (Å²) in [4.78, 5) is 0. The van der Waals surface area contributed by atoms with Gasteiger partial charge in [0.25, 0.3) is 0 Å². The van der Waals surface area contributed by atoms with Crippen LogP contribution in [0.15, 0.2) is 121 Å². The van der Waals surface area contributed by atoms with Gasteiger partial charge in [0.1, 0.15) is 0 Å². The van der Waals surface area contributed by atoms with Crippen LogP contribution in [0.3, 0.4) is 0 Å². The lowest BCUT2D eigenvalue weighted by Crippen LogP contribution is -2.04. The maximum absolute atomic E-state index is 4.32. The van der Waals surface area contributed by atoms with E-state index in [9.17, 15) is 0 Å². The average Bonchev–Trinajstić information content (AvgIpc) is 2.92. The molecule has 0 saturated carbocycles. The molecule has 1 heterocycles. The monoisotopic (exact) mass is 453 g/mol. The van der Waals surface area contributed by atoms with E-state index in [1.54, 1.807) is 0 Å². The zero-order chi connectivity index (χ0) is 24.2. The molecule has 172 valence electrons. The summed E-state index contributed by atoms with van der Waals surface area (Å²) in [5.41, 5.74) is 13.2. The fourth-order valence-electron chi connectivity index (χ4n) is 4.78. The third-order valence-corrected chi connectivity index (χ3v) is 6.81. The van der Waals surface area contributed by atoms with Gasteiger partial charge in [-0.25, -0.2) is 0 Å². The molecule has 35 heavy (non-hydrogen) atoms. The highest BCUT2D eigenvalue weighted by molar-refractivity contribution is 5.83. The Hall–Kier alpha value is -4.10. The summed E-state index contributed by atoms with van der Waals surface area (Å²) in [7, 11) is 0. The third-order valence-electron chi connectivity index (χ3n) is 6.81. The number of hydrogen-bond acceptors (Lipinski definition) is 1. The second-order valence-electron chi connectivity index (χ2n) is 9.18. The van der Waals surface area contributed by atoms with Gasteiger partial charge in [-0.2, -0.15) is 0 Å². The molecule has 5 rings (SSSR count). The molecule has 3 aromatic rings. The van der Waals surface area contributed by atoms with Crippen LogP contribution in [0.5, 0.6) is 0 Å². The summed E-state index contributed by atoms with van der Waals surface area (Å²) in [6.07, 6.45) is 17.0. The number of benzene rings is 3. The van der Waals surface area contributed by atoms with E-state index in [0.29, 0.717) is 0 Å². The molecule has 0 radical (unpaired) electrons. The lowest BCUT2D eigenvalue weighted by Gasteiger charge is -2.16. The molecule has 0 bridgehead atoms. The van der Waals surface area contributed by atoms with Crippen molar-refractivity contribution in [3.63, 3.8) is 0 Å². The van der Waals surface area contributed by atoms with Crippen LogP contribution in [0.2, 0.25) is 0 Å². The Labute approximate surface area is 209 Å². The maximum atomic E-state index is 4.32. The highest BCUT2D eigenvalue weighted by Crippen LogP contribution is 2.34. The minimum atomic E-state index is 0.877. The molecule has 2 aliphatic rings. The molecule has 1 nitrogen and oxygen atoms in total. The van der Waals surface area contributed by atoms with Crippen molar-refractivity contribution in [3.8, 4) is 22.3 Å². The molecule has 3 aromatic carbocycles. The van der Waals surface area contributed by atoms with Crippen LogP contribution in [0.4, 0.5) is 5.69 Å². The number of anilines is 1. The Balaban J connectivity index is 1.49. The second-order valence-corrected chi connectivity index (χ2v) is 9.18. The van der Waals surface area contributed by atoms with Gasteiger partial charge in [0.05, 0.1) is 0 Å². The molecule has 0 fully saturated rings. The van der Waals surface area contributed by atoms with Crippen LogP contribution in [-0.4, -0.2) is 6.54 Å². The highest BCUT2D eigenvalue weighted by Gasteiger charge is 2.11. The number of rotatable bonds is 6. The number of aryl methyl sites for hydroxylation is 1. The minimum absolute atomic E-state index is 0.877. The van der Waals surface area contributed by atoms with Crippen molar-refractivity contribution in [1.29, 1.82) is 0 Å². The standard InChI is InChI=1S/C34H31N/c1-4-26(20-25(3)27-10-6-5-7-11-27)29-12-8-13-30(21-29)31-16-15-24(2)33(22-31)32-18-17-28-14-9-19-35-34(28)23-32/h4-6,8-10,12-18,20-23,35H,1,3,7,11,19H2,2H3/b26-20+. The summed E-state index contributed by atoms with van der Waals surface area (Å²) >= 11 is 0. The van der Waals surface area contributed by atoms with Crippen molar-refractivity contribution in [3.05, 3.63) is 138 Å². The van der Waals surface area contributed by atoms with Crippen LogP contribution < -0.4 is 5.32 Å². The first kappa shape index (κ1) is 22.7. The van der Waals surface area contributed by atoms with Gasteiger partial charge in [0, 0.05) is 12.2 Å². The van der Waals surface area contributed by atoms with Crippen molar-refractivity contribution in [2.24, 2.45) is 0 Å². The summed E-state index contributed by atoms with van der Waals surface area (Å²) in [5, 5.41) is 3.49. The predicted molar refractivity (Wildman–Crippen MR) is 153 cm³/mol. The van der Waals surface area contributed by atoms with E-state index >= 15 is 0 Å². The molecular weight excluding hydrogens is 422 g/mol. The van der Waals surface area contributed by atoms with Gasteiger partial charge < -0.3 is 5.32 Å². The Morgan fingerprint density at radius 1 is 0.943 bits per heavy atom. The van der Waals surface area contributed by atoms with E-state index in [4.69, 9.17) is 0 Å². The fraction of sp³-hybridized carbons (Fsp3) is 0.118. The van der Waals surface area contributed by atoms with Crippen LogP contribution in [0, 0.1) is 6.92 Å². The molecule has 1 heteroatoms. The molecule has 0 saturated heterocycles. The summed E-state index contributed by atoms with van der Waals surface area (Å²) in [6.45, 7) is 11.5. The Bertz CT molecular complexity index is 1420. The molecule has 0 amide bonds. The lowest BCUT2D eigenvalue weighted by atomic mass is 9.91. The molecule has 1 N–H and O–H groups in total. The van der Waals surface area contributed by atoms with Crippen LogP contribution >= 0.6 is 0 Å². The normalized spacial score (nSPS) is 14.7.